The van der Waals surface area contributed by atoms with Gasteiger partial charge in [-0.05, 0) is 26.2 Å². The third-order valence-corrected chi connectivity index (χ3v) is 4.15. The SMILES string of the molecule is CC1CCNC(=O)C(CC(=O)O)N1C1CCCC1. The Labute approximate surface area is 108 Å². The highest BCUT2D eigenvalue weighted by atomic mass is 16.4. The van der Waals surface area contributed by atoms with E-state index in [1.54, 1.807) is 0 Å². The number of nitrogens with one attached hydrogen (secondary N) is 1. The van der Waals surface area contributed by atoms with E-state index in [2.05, 4.69) is 17.1 Å². The zero-order valence-electron chi connectivity index (χ0n) is 10.9. The maximum absolute atomic E-state index is 12.0. The minimum atomic E-state index is -0.896. The van der Waals surface area contributed by atoms with Crippen molar-refractivity contribution >= 4 is 11.9 Å². The molecular formula is C13H22N2O3. The van der Waals surface area contributed by atoms with Crippen LogP contribution in [0.5, 0.6) is 0 Å². The molecule has 2 atom stereocenters. The molecule has 1 aliphatic heterocycles. The van der Waals surface area contributed by atoms with Gasteiger partial charge in [-0.1, -0.05) is 12.8 Å². The molecule has 18 heavy (non-hydrogen) atoms. The number of nitrogens with zero attached hydrogens (tertiary/aromatic N) is 1. The lowest BCUT2D eigenvalue weighted by atomic mass is 10.0. The van der Waals surface area contributed by atoms with Crippen molar-refractivity contribution in [3.05, 3.63) is 0 Å². The highest BCUT2D eigenvalue weighted by Gasteiger charge is 2.38. The van der Waals surface area contributed by atoms with Gasteiger partial charge >= 0.3 is 5.97 Å². The summed E-state index contributed by atoms with van der Waals surface area (Å²) in [5.74, 6) is -1.01. The molecule has 2 unspecified atom stereocenters. The number of carbonyl (C=O) groups excluding carboxylic acids is 1. The van der Waals surface area contributed by atoms with Crippen molar-refractivity contribution in [3.8, 4) is 0 Å². The molecule has 1 amide bonds. The highest BCUT2D eigenvalue weighted by Crippen LogP contribution is 2.29. The number of rotatable bonds is 3. The van der Waals surface area contributed by atoms with E-state index in [0.717, 1.165) is 19.3 Å². The lowest BCUT2D eigenvalue weighted by Crippen LogP contribution is -2.52. The molecule has 0 spiro atoms. The second-order valence-electron chi connectivity index (χ2n) is 5.43. The molecule has 2 N–H and O–H groups in total. The predicted octanol–water partition coefficient (Wildman–Crippen LogP) is 0.983. The molecule has 1 aliphatic carbocycles. The normalized spacial score (nSPS) is 31.1. The van der Waals surface area contributed by atoms with E-state index in [0.29, 0.717) is 12.6 Å². The first kappa shape index (κ1) is 13.3. The smallest absolute Gasteiger partial charge is 0.305 e. The van der Waals surface area contributed by atoms with Crippen molar-refractivity contribution in [1.82, 2.24) is 10.2 Å². The molecule has 5 nitrogen and oxygen atoms in total. The van der Waals surface area contributed by atoms with Gasteiger partial charge in [0, 0.05) is 18.6 Å². The number of carboxylic acid groups (broad SMARTS) is 1. The van der Waals surface area contributed by atoms with E-state index in [4.69, 9.17) is 5.11 Å². The fraction of sp³-hybridized carbons (Fsp3) is 0.846. The Balaban J connectivity index is 2.20. The molecule has 1 saturated carbocycles. The summed E-state index contributed by atoms with van der Waals surface area (Å²) in [6.07, 6.45) is 5.37. The van der Waals surface area contributed by atoms with E-state index in [9.17, 15) is 9.59 Å². The molecule has 5 heteroatoms. The van der Waals surface area contributed by atoms with Gasteiger partial charge in [-0.15, -0.1) is 0 Å². The van der Waals surface area contributed by atoms with Crippen LogP contribution in [-0.4, -0.2) is 46.6 Å². The molecule has 102 valence electrons. The van der Waals surface area contributed by atoms with Crippen LogP contribution in [0.15, 0.2) is 0 Å². The number of hydrogen-bond acceptors (Lipinski definition) is 3. The third kappa shape index (κ3) is 2.83. The summed E-state index contributed by atoms with van der Waals surface area (Å²) in [4.78, 5) is 25.2. The number of carboxylic acids is 1. The Morgan fingerprint density at radius 3 is 2.67 bits per heavy atom. The number of hydrogen-bond donors (Lipinski definition) is 2. The lowest BCUT2D eigenvalue weighted by Gasteiger charge is -2.37. The Kier molecular flexibility index (Phi) is 4.22. The number of amides is 1. The second-order valence-corrected chi connectivity index (χ2v) is 5.43. The van der Waals surface area contributed by atoms with Gasteiger partial charge < -0.3 is 10.4 Å². The van der Waals surface area contributed by atoms with E-state index < -0.39 is 12.0 Å². The van der Waals surface area contributed by atoms with Crippen LogP contribution >= 0.6 is 0 Å². The lowest BCUT2D eigenvalue weighted by molar-refractivity contribution is -0.142. The first-order valence-corrected chi connectivity index (χ1v) is 6.86. The van der Waals surface area contributed by atoms with Crippen LogP contribution in [0.2, 0.25) is 0 Å². The average Bonchev–Trinajstić information content (AvgIpc) is 2.77. The van der Waals surface area contributed by atoms with Gasteiger partial charge in [0.1, 0.15) is 6.04 Å². The summed E-state index contributed by atoms with van der Waals surface area (Å²) in [5, 5.41) is 11.9. The molecule has 2 aliphatic rings. The maximum Gasteiger partial charge on any atom is 0.305 e. The van der Waals surface area contributed by atoms with Crippen molar-refractivity contribution in [2.45, 2.75) is 63.6 Å². The molecule has 2 rings (SSSR count). The average molecular weight is 254 g/mol. The second kappa shape index (κ2) is 5.69. The van der Waals surface area contributed by atoms with Crippen LogP contribution in [0, 0.1) is 0 Å². The summed E-state index contributed by atoms with van der Waals surface area (Å²) in [6, 6.07) is 0.160. The number of carbonyl (C=O) groups is 2. The molecular weight excluding hydrogens is 232 g/mol. The zero-order valence-corrected chi connectivity index (χ0v) is 10.9. The zero-order chi connectivity index (χ0) is 13.1. The summed E-state index contributed by atoms with van der Waals surface area (Å²) in [5.41, 5.74) is 0. The van der Waals surface area contributed by atoms with Crippen molar-refractivity contribution in [2.75, 3.05) is 6.54 Å². The van der Waals surface area contributed by atoms with Crippen molar-refractivity contribution in [2.24, 2.45) is 0 Å². The van der Waals surface area contributed by atoms with E-state index in [1.807, 2.05) is 0 Å². The number of aliphatic carboxylic acids is 1. The molecule has 0 radical (unpaired) electrons. The van der Waals surface area contributed by atoms with Crippen molar-refractivity contribution in [3.63, 3.8) is 0 Å². The summed E-state index contributed by atoms with van der Waals surface area (Å²) < 4.78 is 0. The predicted molar refractivity (Wildman–Crippen MR) is 67.2 cm³/mol. The summed E-state index contributed by atoms with van der Waals surface area (Å²) in [6.45, 7) is 2.76. The highest BCUT2D eigenvalue weighted by molar-refractivity contribution is 5.86. The Bertz CT molecular complexity index is 326. The van der Waals surface area contributed by atoms with Crippen LogP contribution in [0.1, 0.15) is 45.4 Å². The van der Waals surface area contributed by atoms with Crippen LogP contribution in [-0.2, 0) is 9.59 Å². The molecule has 2 fully saturated rings. The molecule has 0 bridgehead atoms. The van der Waals surface area contributed by atoms with E-state index in [-0.39, 0.29) is 18.4 Å². The first-order chi connectivity index (χ1) is 8.59. The minimum Gasteiger partial charge on any atom is -0.481 e. The molecule has 0 aromatic rings. The van der Waals surface area contributed by atoms with Gasteiger partial charge in [0.15, 0.2) is 0 Å². The Morgan fingerprint density at radius 1 is 1.39 bits per heavy atom. The van der Waals surface area contributed by atoms with Crippen molar-refractivity contribution < 1.29 is 14.7 Å². The quantitative estimate of drug-likeness (QED) is 0.788. The standard InChI is InChI=1S/C13H22N2O3/c1-9-6-7-14-13(18)11(8-12(16)17)15(9)10-4-2-3-5-10/h9-11H,2-8H2,1H3,(H,14,18)(H,16,17). The first-order valence-electron chi connectivity index (χ1n) is 6.86. The molecule has 0 aromatic heterocycles. The monoisotopic (exact) mass is 254 g/mol. The van der Waals surface area contributed by atoms with Crippen LogP contribution in [0.3, 0.4) is 0 Å². The maximum atomic E-state index is 12.0. The topological polar surface area (TPSA) is 69.6 Å². The minimum absolute atomic E-state index is 0.0906. The summed E-state index contributed by atoms with van der Waals surface area (Å²) >= 11 is 0. The van der Waals surface area contributed by atoms with Gasteiger partial charge in [0.2, 0.25) is 5.91 Å². The summed E-state index contributed by atoms with van der Waals surface area (Å²) in [7, 11) is 0. The van der Waals surface area contributed by atoms with Gasteiger partial charge in [-0.2, -0.15) is 0 Å². The van der Waals surface area contributed by atoms with Gasteiger partial charge in [0.05, 0.1) is 6.42 Å². The third-order valence-electron chi connectivity index (χ3n) is 4.15. The van der Waals surface area contributed by atoms with Gasteiger partial charge in [0.25, 0.3) is 0 Å². The van der Waals surface area contributed by atoms with Crippen LogP contribution < -0.4 is 5.32 Å². The fourth-order valence-electron chi connectivity index (χ4n) is 3.29. The molecule has 1 saturated heterocycles. The van der Waals surface area contributed by atoms with Crippen molar-refractivity contribution in [1.29, 1.82) is 0 Å². The fourth-order valence-corrected chi connectivity index (χ4v) is 3.29. The van der Waals surface area contributed by atoms with Crippen LogP contribution in [0.4, 0.5) is 0 Å². The largest absolute Gasteiger partial charge is 0.481 e. The van der Waals surface area contributed by atoms with E-state index >= 15 is 0 Å². The van der Waals surface area contributed by atoms with E-state index in [1.165, 1.54) is 12.8 Å². The Morgan fingerprint density at radius 2 is 2.06 bits per heavy atom. The van der Waals surface area contributed by atoms with Gasteiger partial charge in [-0.25, -0.2) is 0 Å². The molecule has 0 aromatic carbocycles. The Hall–Kier alpha value is -1.10. The van der Waals surface area contributed by atoms with Crippen LogP contribution in [0.25, 0.3) is 0 Å². The molecule has 1 heterocycles. The van der Waals surface area contributed by atoms with Gasteiger partial charge in [-0.3, -0.25) is 14.5 Å².